The molecule has 0 atom stereocenters. The van der Waals surface area contributed by atoms with Crippen molar-refractivity contribution in [3.05, 3.63) is 71.3 Å². The third-order valence-electron chi connectivity index (χ3n) is 3.98. The van der Waals surface area contributed by atoms with E-state index in [2.05, 4.69) is 19.1 Å². The molecule has 0 bridgehead atoms. The number of benzene rings is 2. The average Bonchev–Trinajstić information content (AvgIpc) is 2.54. The van der Waals surface area contributed by atoms with Crippen LogP contribution in [0.25, 0.3) is 0 Å². The van der Waals surface area contributed by atoms with Gasteiger partial charge in [0.2, 0.25) is 0 Å². The van der Waals surface area contributed by atoms with Gasteiger partial charge in [0.25, 0.3) is 0 Å². The van der Waals surface area contributed by atoms with E-state index >= 15 is 0 Å². The third kappa shape index (κ3) is 5.24. The fourth-order valence-corrected chi connectivity index (χ4v) is 2.65. The molecule has 0 spiro atoms. The Morgan fingerprint density at radius 2 is 1.61 bits per heavy atom. The summed E-state index contributed by atoms with van der Waals surface area (Å²) in [6.07, 6.45) is 3.62. The van der Waals surface area contributed by atoms with Gasteiger partial charge in [0.1, 0.15) is 5.60 Å². The van der Waals surface area contributed by atoms with Crippen LogP contribution >= 0.6 is 0 Å². The minimum absolute atomic E-state index is 0.216. The van der Waals surface area contributed by atoms with Gasteiger partial charge in [-0.05, 0) is 50.3 Å². The molecule has 2 rings (SSSR count). The molecule has 0 unspecified atom stereocenters. The molecule has 0 radical (unpaired) electrons. The van der Waals surface area contributed by atoms with E-state index in [1.54, 1.807) is 0 Å². The number of esters is 1. The molecular weight excluding hydrogens is 284 g/mol. The molecule has 2 nitrogen and oxygen atoms in total. The van der Waals surface area contributed by atoms with E-state index in [0.29, 0.717) is 5.56 Å². The van der Waals surface area contributed by atoms with Crippen LogP contribution in [0, 0.1) is 0 Å². The molecule has 2 aromatic carbocycles. The second kappa shape index (κ2) is 7.96. The van der Waals surface area contributed by atoms with E-state index in [1.165, 1.54) is 5.56 Å². The van der Waals surface area contributed by atoms with Crippen LogP contribution in [0.4, 0.5) is 0 Å². The summed E-state index contributed by atoms with van der Waals surface area (Å²) >= 11 is 0. The van der Waals surface area contributed by atoms with Gasteiger partial charge in [0.05, 0.1) is 5.56 Å². The quantitative estimate of drug-likeness (QED) is 0.656. The highest BCUT2D eigenvalue weighted by Crippen LogP contribution is 2.21. The van der Waals surface area contributed by atoms with E-state index in [4.69, 9.17) is 4.74 Å². The van der Waals surface area contributed by atoms with Gasteiger partial charge in [0, 0.05) is 0 Å². The van der Waals surface area contributed by atoms with Gasteiger partial charge in [-0.2, -0.15) is 0 Å². The number of hydrogen-bond donors (Lipinski definition) is 0. The molecule has 0 aliphatic carbocycles. The number of hydrogen-bond acceptors (Lipinski definition) is 2. The van der Waals surface area contributed by atoms with Crippen LogP contribution in [0.5, 0.6) is 0 Å². The monoisotopic (exact) mass is 310 g/mol. The van der Waals surface area contributed by atoms with Crippen LogP contribution in [0.2, 0.25) is 0 Å². The molecule has 0 fully saturated rings. The Morgan fingerprint density at radius 1 is 0.957 bits per heavy atom. The fraction of sp³-hybridized carbons (Fsp3) is 0.381. The van der Waals surface area contributed by atoms with Crippen LogP contribution in [0.15, 0.2) is 54.6 Å². The third-order valence-corrected chi connectivity index (χ3v) is 3.98. The van der Waals surface area contributed by atoms with Crippen molar-refractivity contribution in [1.29, 1.82) is 0 Å². The maximum atomic E-state index is 12.5. The van der Waals surface area contributed by atoms with Crippen LogP contribution in [0.3, 0.4) is 0 Å². The Labute approximate surface area is 139 Å². The molecule has 23 heavy (non-hydrogen) atoms. The molecule has 0 aliphatic heterocycles. The number of aryl methyl sites for hydroxylation is 2. The Kier molecular flexibility index (Phi) is 5.97. The molecule has 2 heteroatoms. The predicted molar refractivity (Wildman–Crippen MR) is 94.7 cm³/mol. The second-order valence-corrected chi connectivity index (χ2v) is 6.54. The van der Waals surface area contributed by atoms with Crippen LogP contribution in [0.1, 0.15) is 55.1 Å². The van der Waals surface area contributed by atoms with Gasteiger partial charge in [-0.3, -0.25) is 0 Å². The van der Waals surface area contributed by atoms with Crippen molar-refractivity contribution in [3.63, 3.8) is 0 Å². The summed E-state index contributed by atoms with van der Waals surface area (Å²) in [5, 5.41) is 0. The predicted octanol–water partition coefficient (Wildman–Crippen LogP) is 5.21. The Bertz CT molecular complexity index is 629. The lowest BCUT2D eigenvalue weighted by atomic mass is 9.98. The van der Waals surface area contributed by atoms with E-state index in [9.17, 15) is 4.79 Å². The SMILES string of the molecule is CCCc1ccccc1C(=O)OC(C)(C)CCc1ccccc1. The maximum absolute atomic E-state index is 12.5. The van der Waals surface area contributed by atoms with Crippen LogP contribution < -0.4 is 0 Å². The summed E-state index contributed by atoms with van der Waals surface area (Å²) in [6.45, 7) is 6.08. The first-order chi connectivity index (χ1) is 11.0. The van der Waals surface area contributed by atoms with Crippen molar-refractivity contribution in [2.75, 3.05) is 0 Å². The molecule has 0 amide bonds. The van der Waals surface area contributed by atoms with E-state index in [1.807, 2.05) is 56.3 Å². The maximum Gasteiger partial charge on any atom is 0.338 e. The smallest absolute Gasteiger partial charge is 0.338 e. The highest BCUT2D eigenvalue weighted by molar-refractivity contribution is 5.91. The number of carbonyl (C=O) groups excluding carboxylic acids is 1. The summed E-state index contributed by atoms with van der Waals surface area (Å²) in [6, 6.07) is 18.0. The molecule has 0 saturated heterocycles. The first kappa shape index (κ1) is 17.3. The summed E-state index contributed by atoms with van der Waals surface area (Å²) in [7, 11) is 0. The van der Waals surface area contributed by atoms with Crippen molar-refractivity contribution < 1.29 is 9.53 Å². The standard InChI is InChI=1S/C21H26O2/c1-4-10-18-13-8-9-14-19(18)20(22)23-21(2,3)16-15-17-11-6-5-7-12-17/h5-9,11-14H,4,10,15-16H2,1-3H3. The van der Waals surface area contributed by atoms with Gasteiger partial charge >= 0.3 is 5.97 Å². The number of ether oxygens (including phenoxy) is 1. The van der Waals surface area contributed by atoms with Gasteiger partial charge < -0.3 is 4.74 Å². The first-order valence-electron chi connectivity index (χ1n) is 8.37. The van der Waals surface area contributed by atoms with Crippen molar-refractivity contribution in [1.82, 2.24) is 0 Å². The van der Waals surface area contributed by atoms with Crippen molar-refractivity contribution >= 4 is 5.97 Å². The summed E-state index contributed by atoms with van der Waals surface area (Å²) in [4.78, 5) is 12.5. The molecule has 2 aromatic rings. The lowest BCUT2D eigenvalue weighted by Gasteiger charge is -2.26. The zero-order valence-electron chi connectivity index (χ0n) is 14.3. The molecule has 0 aliphatic rings. The topological polar surface area (TPSA) is 26.3 Å². The average molecular weight is 310 g/mol. The van der Waals surface area contributed by atoms with Gasteiger partial charge in [-0.15, -0.1) is 0 Å². The molecule has 0 heterocycles. The fourth-order valence-electron chi connectivity index (χ4n) is 2.65. The van der Waals surface area contributed by atoms with Crippen LogP contribution in [-0.2, 0) is 17.6 Å². The Morgan fingerprint density at radius 3 is 2.30 bits per heavy atom. The summed E-state index contributed by atoms with van der Waals surface area (Å²) in [5.41, 5.74) is 2.55. The van der Waals surface area contributed by atoms with Crippen molar-refractivity contribution in [2.45, 2.75) is 52.1 Å². The first-order valence-corrected chi connectivity index (χ1v) is 8.37. The zero-order valence-corrected chi connectivity index (χ0v) is 14.3. The number of carbonyl (C=O) groups is 1. The largest absolute Gasteiger partial charge is 0.456 e. The van der Waals surface area contributed by atoms with Crippen LogP contribution in [-0.4, -0.2) is 11.6 Å². The molecule has 122 valence electrons. The minimum atomic E-state index is -0.480. The highest BCUT2D eigenvalue weighted by Gasteiger charge is 2.24. The second-order valence-electron chi connectivity index (χ2n) is 6.54. The van der Waals surface area contributed by atoms with Crippen molar-refractivity contribution in [3.8, 4) is 0 Å². The number of rotatable bonds is 7. The Hall–Kier alpha value is -2.09. The van der Waals surface area contributed by atoms with Gasteiger partial charge in [-0.25, -0.2) is 4.79 Å². The van der Waals surface area contributed by atoms with E-state index in [0.717, 1.165) is 31.2 Å². The summed E-state index contributed by atoms with van der Waals surface area (Å²) in [5.74, 6) is -0.216. The highest BCUT2D eigenvalue weighted by atomic mass is 16.6. The lowest BCUT2D eigenvalue weighted by molar-refractivity contribution is -0.00444. The molecular formula is C21H26O2. The molecule has 0 N–H and O–H groups in total. The normalized spacial score (nSPS) is 11.3. The minimum Gasteiger partial charge on any atom is -0.456 e. The van der Waals surface area contributed by atoms with E-state index in [-0.39, 0.29) is 5.97 Å². The molecule has 0 aromatic heterocycles. The van der Waals surface area contributed by atoms with Crippen molar-refractivity contribution in [2.24, 2.45) is 0 Å². The zero-order chi connectivity index (χ0) is 16.7. The van der Waals surface area contributed by atoms with Gasteiger partial charge in [0.15, 0.2) is 0 Å². The Balaban J connectivity index is 2.00. The summed E-state index contributed by atoms with van der Waals surface area (Å²) < 4.78 is 5.79. The van der Waals surface area contributed by atoms with E-state index < -0.39 is 5.60 Å². The van der Waals surface area contributed by atoms with Gasteiger partial charge in [-0.1, -0.05) is 61.9 Å². The molecule has 0 saturated carbocycles. The lowest BCUT2D eigenvalue weighted by Crippen LogP contribution is -2.29.